The van der Waals surface area contributed by atoms with E-state index in [9.17, 15) is 16.8 Å². The molecule has 1 aliphatic rings. The Kier molecular flexibility index (Phi) is 4.77. The average molecular weight is 370 g/mol. The summed E-state index contributed by atoms with van der Waals surface area (Å²) in [5.41, 5.74) is 0. The molecule has 1 saturated heterocycles. The summed E-state index contributed by atoms with van der Waals surface area (Å²) in [5.74, 6) is 0. The molecule has 130 valence electrons. The maximum atomic E-state index is 12.5. The Hall–Kier alpha value is -1.68. The molecule has 3 rings (SSSR count). The van der Waals surface area contributed by atoms with Gasteiger partial charge in [-0.1, -0.05) is 18.2 Å². The second-order valence-corrected chi connectivity index (χ2v) is 9.09. The van der Waals surface area contributed by atoms with Crippen LogP contribution in [-0.2, 0) is 24.8 Å². The number of ether oxygens (including phenoxy) is 1. The van der Waals surface area contributed by atoms with Crippen molar-refractivity contribution in [1.82, 2.24) is 8.69 Å². The number of sulfonamides is 1. The molecular formula is C15H18N2O5S2. The summed E-state index contributed by atoms with van der Waals surface area (Å²) >= 11 is 0. The van der Waals surface area contributed by atoms with E-state index in [1.807, 2.05) is 0 Å². The van der Waals surface area contributed by atoms with E-state index in [0.717, 1.165) is 23.0 Å². The SMILES string of the molecule is O=S(=O)(NC[C@H]1CCCO1)c1ccn(S(=O)(=O)c2ccccc2)c1. The van der Waals surface area contributed by atoms with E-state index in [-0.39, 0.29) is 22.4 Å². The maximum absolute atomic E-state index is 12.5. The molecule has 1 aromatic heterocycles. The molecular weight excluding hydrogens is 352 g/mol. The van der Waals surface area contributed by atoms with Gasteiger partial charge in [-0.05, 0) is 31.0 Å². The van der Waals surface area contributed by atoms with Crippen LogP contribution < -0.4 is 4.72 Å². The topological polar surface area (TPSA) is 94.5 Å². The van der Waals surface area contributed by atoms with Gasteiger partial charge in [0.25, 0.3) is 10.0 Å². The number of rotatable bonds is 6. The van der Waals surface area contributed by atoms with Crippen molar-refractivity contribution in [3.8, 4) is 0 Å². The first-order chi connectivity index (χ1) is 11.4. The van der Waals surface area contributed by atoms with Gasteiger partial charge in [0, 0.05) is 25.5 Å². The van der Waals surface area contributed by atoms with Crippen LogP contribution in [-0.4, -0.2) is 40.1 Å². The highest BCUT2D eigenvalue weighted by Crippen LogP contribution is 2.18. The van der Waals surface area contributed by atoms with Gasteiger partial charge in [-0.25, -0.2) is 25.5 Å². The third-order valence-corrected chi connectivity index (χ3v) is 6.85. The van der Waals surface area contributed by atoms with Crippen molar-refractivity contribution < 1.29 is 21.6 Å². The van der Waals surface area contributed by atoms with Crippen LogP contribution in [0.4, 0.5) is 0 Å². The number of hydrogen-bond donors (Lipinski definition) is 1. The number of benzene rings is 1. The second kappa shape index (κ2) is 6.67. The molecule has 0 radical (unpaired) electrons. The highest BCUT2D eigenvalue weighted by atomic mass is 32.2. The third kappa shape index (κ3) is 3.54. The van der Waals surface area contributed by atoms with Gasteiger partial charge in [0.15, 0.2) is 0 Å². The van der Waals surface area contributed by atoms with E-state index in [1.165, 1.54) is 24.4 Å². The summed E-state index contributed by atoms with van der Waals surface area (Å²) < 4.78 is 58.3. The van der Waals surface area contributed by atoms with Gasteiger partial charge in [0.05, 0.1) is 11.0 Å². The number of hydrogen-bond acceptors (Lipinski definition) is 5. The van der Waals surface area contributed by atoms with Crippen molar-refractivity contribution in [2.75, 3.05) is 13.2 Å². The predicted octanol–water partition coefficient (Wildman–Crippen LogP) is 1.18. The molecule has 24 heavy (non-hydrogen) atoms. The molecule has 0 amide bonds. The fourth-order valence-electron chi connectivity index (χ4n) is 2.47. The fourth-order valence-corrected chi connectivity index (χ4v) is 4.82. The van der Waals surface area contributed by atoms with Gasteiger partial charge in [-0.2, -0.15) is 0 Å². The zero-order valence-electron chi connectivity index (χ0n) is 12.8. The van der Waals surface area contributed by atoms with Crippen molar-refractivity contribution in [3.05, 3.63) is 48.8 Å². The molecule has 1 aliphatic heterocycles. The van der Waals surface area contributed by atoms with E-state index in [0.29, 0.717) is 6.61 Å². The summed E-state index contributed by atoms with van der Waals surface area (Å²) in [7, 11) is -7.59. The summed E-state index contributed by atoms with van der Waals surface area (Å²) in [6.07, 6.45) is 3.92. The Morgan fingerprint density at radius 3 is 2.50 bits per heavy atom. The molecule has 0 unspecified atom stereocenters. The van der Waals surface area contributed by atoms with Crippen molar-refractivity contribution in [2.24, 2.45) is 0 Å². The summed E-state index contributed by atoms with van der Waals surface area (Å²) in [4.78, 5) is -0.00290. The van der Waals surface area contributed by atoms with Crippen LogP contribution in [0.1, 0.15) is 12.8 Å². The number of nitrogens with zero attached hydrogens (tertiary/aromatic N) is 1. The average Bonchev–Trinajstić information content (AvgIpc) is 3.26. The van der Waals surface area contributed by atoms with Crippen LogP contribution in [0.25, 0.3) is 0 Å². The second-order valence-electron chi connectivity index (χ2n) is 5.48. The molecule has 2 heterocycles. The molecule has 1 fully saturated rings. The van der Waals surface area contributed by atoms with E-state index in [4.69, 9.17) is 4.74 Å². The van der Waals surface area contributed by atoms with Crippen molar-refractivity contribution in [3.63, 3.8) is 0 Å². The lowest BCUT2D eigenvalue weighted by Gasteiger charge is -2.10. The number of nitrogens with one attached hydrogen (secondary N) is 1. The molecule has 9 heteroatoms. The molecule has 0 spiro atoms. The van der Waals surface area contributed by atoms with Gasteiger partial charge in [0.2, 0.25) is 10.0 Å². The molecule has 0 bridgehead atoms. The van der Waals surface area contributed by atoms with Crippen LogP contribution >= 0.6 is 0 Å². The Morgan fingerprint density at radius 2 is 1.83 bits per heavy atom. The molecule has 0 saturated carbocycles. The van der Waals surface area contributed by atoms with Crippen molar-refractivity contribution >= 4 is 20.0 Å². The van der Waals surface area contributed by atoms with Gasteiger partial charge in [0.1, 0.15) is 4.90 Å². The van der Waals surface area contributed by atoms with Crippen molar-refractivity contribution in [1.29, 1.82) is 0 Å². The molecule has 1 aromatic carbocycles. The summed E-state index contributed by atoms with van der Waals surface area (Å²) in [6, 6.07) is 9.10. The van der Waals surface area contributed by atoms with Gasteiger partial charge < -0.3 is 4.74 Å². The summed E-state index contributed by atoms with van der Waals surface area (Å²) in [5, 5.41) is 0. The fraction of sp³-hybridized carbons (Fsp3) is 0.333. The highest BCUT2D eigenvalue weighted by molar-refractivity contribution is 7.90. The summed E-state index contributed by atoms with van der Waals surface area (Å²) in [6.45, 7) is 0.817. The Bertz CT molecular complexity index is 898. The van der Waals surface area contributed by atoms with E-state index < -0.39 is 20.0 Å². The van der Waals surface area contributed by atoms with Gasteiger partial charge in [-0.3, -0.25) is 0 Å². The standard InChI is InChI=1S/C15H18N2O5S2/c18-23(19,16-11-13-5-4-10-22-13)15-8-9-17(12-15)24(20,21)14-6-2-1-3-7-14/h1-3,6-9,12-13,16H,4-5,10-11H2/t13-/m1/s1. The van der Waals surface area contributed by atoms with Crippen LogP contribution in [0.3, 0.4) is 0 Å². The number of aromatic nitrogens is 1. The molecule has 1 atom stereocenters. The predicted molar refractivity (Wildman–Crippen MR) is 87.6 cm³/mol. The zero-order chi connectivity index (χ0) is 17.2. The molecule has 7 nitrogen and oxygen atoms in total. The minimum Gasteiger partial charge on any atom is -0.377 e. The highest BCUT2D eigenvalue weighted by Gasteiger charge is 2.23. The monoisotopic (exact) mass is 370 g/mol. The quantitative estimate of drug-likeness (QED) is 0.824. The first-order valence-corrected chi connectivity index (χ1v) is 10.4. The molecule has 2 aromatic rings. The first-order valence-electron chi connectivity index (χ1n) is 7.49. The van der Waals surface area contributed by atoms with Crippen LogP contribution in [0.2, 0.25) is 0 Å². The van der Waals surface area contributed by atoms with Crippen LogP contribution in [0.15, 0.2) is 58.6 Å². The third-order valence-electron chi connectivity index (χ3n) is 3.79. The van der Waals surface area contributed by atoms with Crippen molar-refractivity contribution in [2.45, 2.75) is 28.7 Å². The maximum Gasteiger partial charge on any atom is 0.267 e. The molecule has 0 aliphatic carbocycles. The minimum atomic E-state index is -3.81. The van der Waals surface area contributed by atoms with E-state index >= 15 is 0 Å². The van der Waals surface area contributed by atoms with Gasteiger partial charge in [-0.15, -0.1) is 0 Å². The minimum absolute atomic E-state index is 0.0943. The Balaban J connectivity index is 1.79. The van der Waals surface area contributed by atoms with Gasteiger partial charge >= 0.3 is 0 Å². The zero-order valence-corrected chi connectivity index (χ0v) is 14.5. The smallest absolute Gasteiger partial charge is 0.267 e. The Labute approximate surface area is 141 Å². The molecule has 1 N–H and O–H groups in total. The van der Waals surface area contributed by atoms with E-state index in [1.54, 1.807) is 18.2 Å². The Morgan fingerprint density at radius 1 is 1.08 bits per heavy atom. The lowest BCUT2D eigenvalue weighted by molar-refractivity contribution is 0.114. The van der Waals surface area contributed by atoms with Crippen LogP contribution in [0.5, 0.6) is 0 Å². The van der Waals surface area contributed by atoms with E-state index in [2.05, 4.69) is 4.72 Å². The lowest BCUT2D eigenvalue weighted by atomic mass is 10.2. The largest absolute Gasteiger partial charge is 0.377 e. The first kappa shape index (κ1) is 17.2. The normalized spacial score (nSPS) is 18.8. The van der Waals surface area contributed by atoms with Crippen LogP contribution in [0, 0.1) is 0 Å². The lowest BCUT2D eigenvalue weighted by Crippen LogP contribution is -2.31.